The zero-order valence-corrected chi connectivity index (χ0v) is 6.96. The Hall–Kier alpha value is -0.860. The molecule has 0 saturated carbocycles. The lowest BCUT2D eigenvalue weighted by atomic mass is 10.0. The Morgan fingerprint density at radius 1 is 1.33 bits per heavy atom. The molecule has 1 aliphatic heterocycles. The van der Waals surface area contributed by atoms with Gasteiger partial charge in [-0.1, -0.05) is 24.3 Å². The molecule has 0 saturated heterocycles. The maximum absolute atomic E-state index is 9.70. The van der Waals surface area contributed by atoms with Crippen LogP contribution in [0.1, 0.15) is 23.7 Å². The third-order valence-electron chi connectivity index (χ3n) is 2.32. The molecule has 1 aromatic rings. The van der Waals surface area contributed by atoms with Gasteiger partial charge in [-0.2, -0.15) is 0 Å². The first-order valence-electron chi connectivity index (χ1n) is 4.34. The second-order valence-electron chi connectivity index (χ2n) is 3.18. The van der Waals surface area contributed by atoms with Crippen LogP contribution >= 0.6 is 0 Å². The third-order valence-corrected chi connectivity index (χ3v) is 2.32. The van der Waals surface area contributed by atoms with E-state index < -0.39 is 0 Å². The summed E-state index contributed by atoms with van der Waals surface area (Å²) in [6.45, 7) is 1.78. The Labute approximate surface area is 72.2 Å². The lowest BCUT2D eigenvalue weighted by Crippen LogP contribution is -2.12. The van der Waals surface area contributed by atoms with Crippen LogP contribution in [0.25, 0.3) is 0 Å². The molecule has 0 amide bonds. The molecular formula is C10H13NO. The number of aliphatic hydroxyl groups excluding tert-OH is 1. The fourth-order valence-corrected chi connectivity index (χ4v) is 1.64. The predicted octanol–water partition coefficient (Wildman–Crippen LogP) is 1.21. The van der Waals surface area contributed by atoms with Crippen LogP contribution < -0.4 is 5.32 Å². The molecule has 2 heteroatoms. The molecule has 64 valence electrons. The van der Waals surface area contributed by atoms with Crippen LogP contribution in [0.5, 0.6) is 0 Å². The Kier molecular flexibility index (Phi) is 2.11. The average Bonchev–Trinajstić information content (AvgIpc) is 2.29. The zero-order chi connectivity index (χ0) is 8.39. The molecule has 0 aliphatic carbocycles. The maximum atomic E-state index is 9.70. The highest BCUT2D eigenvalue weighted by atomic mass is 16.3. The molecule has 1 atom stereocenters. The Morgan fingerprint density at radius 2 is 2.17 bits per heavy atom. The number of fused-ring (bicyclic) bond motifs is 1. The van der Waals surface area contributed by atoms with E-state index in [1.165, 1.54) is 5.56 Å². The number of nitrogens with one attached hydrogen (secondary N) is 1. The van der Waals surface area contributed by atoms with Crippen molar-refractivity contribution < 1.29 is 5.11 Å². The number of aliphatic hydroxyl groups is 1. The van der Waals surface area contributed by atoms with E-state index in [1.54, 1.807) is 0 Å². The van der Waals surface area contributed by atoms with E-state index in [9.17, 15) is 5.11 Å². The highest BCUT2D eigenvalue weighted by molar-refractivity contribution is 5.29. The molecule has 2 rings (SSSR count). The van der Waals surface area contributed by atoms with E-state index in [0.29, 0.717) is 0 Å². The molecule has 1 unspecified atom stereocenters. The van der Waals surface area contributed by atoms with Crippen molar-refractivity contribution in [3.8, 4) is 0 Å². The maximum Gasteiger partial charge on any atom is 0.0805 e. The van der Waals surface area contributed by atoms with Gasteiger partial charge in [0, 0.05) is 6.54 Å². The van der Waals surface area contributed by atoms with Crippen LogP contribution in [-0.4, -0.2) is 11.7 Å². The fraction of sp³-hybridized carbons (Fsp3) is 0.400. The molecule has 1 aromatic carbocycles. The minimum absolute atomic E-state index is 0.281. The van der Waals surface area contributed by atoms with Crippen molar-refractivity contribution in [2.45, 2.75) is 19.1 Å². The largest absolute Gasteiger partial charge is 0.388 e. The van der Waals surface area contributed by atoms with Gasteiger partial charge < -0.3 is 10.4 Å². The number of benzene rings is 1. The number of rotatable bonds is 0. The monoisotopic (exact) mass is 163 g/mol. The summed E-state index contributed by atoms with van der Waals surface area (Å²) in [5.74, 6) is 0. The van der Waals surface area contributed by atoms with Crippen molar-refractivity contribution in [2.75, 3.05) is 6.54 Å². The lowest BCUT2D eigenvalue weighted by Gasteiger charge is -2.09. The van der Waals surface area contributed by atoms with E-state index in [0.717, 1.165) is 25.1 Å². The molecule has 1 aliphatic rings. The van der Waals surface area contributed by atoms with Gasteiger partial charge in [-0.3, -0.25) is 0 Å². The summed E-state index contributed by atoms with van der Waals surface area (Å²) in [6, 6.07) is 8.07. The standard InChI is InChI=1S/C10H13NO/c12-10-5-6-11-7-8-3-1-2-4-9(8)10/h1-4,10-12H,5-7H2. The summed E-state index contributed by atoms with van der Waals surface area (Å²) in [7, 11) is 0. The highest BCUT2D eigenvalue weighted by Gasteiger charge is 2.14. The van der Waals surface area contributed by atoms with Crippen molar-refractivity contribution >= 4 is 0 Å². The lowest BCUT2D eigenvalue weighted by molar-refractivity contribution is 0.170. The minimum Gasteiger partial charge on any atom is -0.388 e. The van der Waals surface area contributed by atoms with Crippen LogP contribution in [0, 0.1) is 0 Å². The number of hydrogen-bond donors (Lipinski definition) is 2. The summed E-state index contributed by atoms with van der Waals surface area (Å²) in [6.07, 6.45) is 0.535. The summed E-state index contributed by atoms with van der Waals surface area (Å²) in [5, 5.41) is 13.0. The molecule has 1 heterocycles. The molecular weight excluding hydrogens is 150 g/mol. The highest BCUT2D eigenvalue weighted by Crippen LogP contribution is 2.22. The zero-order valence-electron chi connectivity index (χ0n) is 6.96. The van der Waals surface area contributed by atoms with Crippen molar-refractivity contribution in [3.63, 3.8) is 0 Å². The van der Waals surface area contributed by atoms with E-state index in [-0.39, 0.29) is 6.10 Å². The molecule has 0 bridgehead atoms. The van der Waals surface area contributed by atoms with Crippen molar-refractivity contribution in [3.05, 3.63) is 35.4 Å². The van der Waals surface area contributed by atoms with Gasteiger partial charge in [-0.15, -0.1) is 0 Å². The quantitative estimate of drug-likeness (QED) is 0.602. The van der Waals surface area contributed by atoms with E-state index in [2.05, 4.69) is 11.4 Å². The van der Waals surface area contributed by atoms with Gasteiger partial charge in [-0.25, -0.2) is 0 Å². The van der Waals surface area contributed by atoms with Gasteiger partial charge in [0.2, 0.25) is 0 Å². The van der Waals surface area contributed by atoms with Crippen LogP contribution in [0.4, 0.5) is 0 Å². The first-order valence-corrected chi connectivity index (χ1v) is 4.34. The molecule has 0 aromatic heterocycles. The summed E-state index contributed by atoms with van der Waals surface area (Å²) in [4.78, 5) is 0. The van der Waals surface area contributed by atoms with Crippen molar-refractivity contribution in [2.24, 2.45) is 0 Å². The minimum atomic E-state index is -0.281. The average molecular weight is 163 g/mol. The Morgan fingerprint density at radius 3 is 3.08 bits per heavy atom. The van der Waals surface area contributed by atoms with E-state index in [4.69, 9.17) is 0 Å². The normalized spacial score (nSPS) is 22.9. The van der Waals surface area contributed by atoms with Gasteiger partial charge in [-0.05, 0) is 24.1 Å². The summed E-state index contributed by atoms with van der Waals surface area (Å²) >= 11 is 0. The summed E-state index contributed by atoms with van der Waals surface area (Å²) in [5.41, 5.74) is 2.31. The van der Waals surface area contributed by atoms with E-state index >= 15 is 0 Å². The fourth-order valence-electron chi connectivity index (χ4n) is 1.64. The first-order chi connectivity index (χ1) is 5.88. The Bertz CT molecular complexity index is 272. The van der Waals surface area contributed by atoms with Crippen molar-refractivity contribution in [1.29, 1.82) is 0 Å². The SMILES string of the molecule is OC1CCNCc2ccccc21. The first kappa shape index (κ1) is 7.77. The summed E-state index contributed by atoms with van der Waals surface area (Å²) < 4.78 is 0. The topological polar surface area (TPSA) is 32.3 Å². The van der Waals surface area contributed by atoms with Gasteiger partial charge in [0.25, 0.3) is 0 Å². The van der Waals surface area contributed by atoms with Gasteiger partial charge in [0.1, 0.15) is 0 Å². The van der Waals surface area contributed by atoms with E-state index in [1.807, 2.05) is 18.2 Å². The van der Waals surface area contributed by atoms with Crippen LogP contribution in [0.3, 0.4) is 0 Å². The van der Waals surface area contributed by atoms with Gasteiger partial charge in [0.15, 0.2) is 0 Å². The smallest absolute Gasteiger partial charge is 0.0805 e. The van der Waals surface area contributed by atoms with Crippen molar-refractivity contribution in [1.82, 2.24) is 5.32 Å². The van der Waals surface area contributed by atoms with Crippen LogP contribution in [-0.2, 0) is 6.54 Å². The van der Waals surface area contributed by atoms with Gasteiger partial charge in [0.05, 0.1) is 6.10 Å². The molecule has 0 spiro atoms. The molecule has 2 N–H and O–H groups in total. The van der Waals surface area contributed by atoms with Crippen LogP contribution in [0.2, 0.25) is 0 Å². The third kappa shape index (κ3) is 1.36. The number of hydrogen-bond acceptors (Lipinski definition) is 2. The molecule has 12 heavy (non-hydrogen) atoms. The second-order valence-corrected chi connectivity index (χ2v) is 3.18. The predicted molar refractivity (Wildman–Crippen MR) is 47.7 cm³/mol. The van der Waals surface area contributed by atoms with Crippen LogP contribution in [0.15, 0.2) is 24.3 Å². The Balaban J connectivity index is 2.39. The molecule has 0 fully saturated rings. The molecule has 0 radical (unpaired) electrons. The van der Waals surface area contributed by atoms with Gasteiger partial charge >= 0.3 is 0 Å². The second kappa shape index (κ2) is 3.25. The molecule has 2 nitrogen and oxygen atoms in total.